The average Bonchev–Trinajstić information content (AvgIpc) is 3.26. The van der Waals surface area contributed by atoms with Gasteiger partial charge in [-0.2, -0.15) is 0 Å². The van der Waals surface area contributed by atoms with Gasteiger partial charge < -0.3 is 11.1 Å². The summed E-state index contributed by atoms with van der Waals surface area (Å²) in [6.07, 6.45) is 3.05. The van der Waals surface area contributed by atoms with Crippen LogP contribution in [0.3, 0.4) is 0 Å². The predicted molar refractivity (Wildman–Crippen MR) is 80.1 cm³/mol. The Morgan fingerprint density at radius 3 is 2.60 bits per heavy atom. The molecule has 0 spiro atoms. The van der Waals surface area contributed by atoms with Crippen molar-refractivity contribution >= 4 is 17.7 Å². The van der Waals surface area contributed by atoms with E-state index < -0.39 is 5.54 Å². The van der Waals surface area contributed by atoms with Crippen molar-refractivity contribution in [2.24, 2.45) is 11.7 Å². The van der Waals surface area contributed by atoms with Crippen molar-refractivity contribution in [1.29, 1.82) is 0 Å². The van der Waals surface area contributed by atoms with Crippen LogP contribution in [0.25, 0.3) is 0 Å². The second-order valence-electron chi connectivity index (χ2n) is 5.28. The van der Waals surface area contributed by atoms with Gasteiger partial charge in [0, 0.05) is 10.6 Å². The van der Waals surface area contributed by atoms with E-state index in [0.29, 0.717) is 11.7 Å². The molecule has 0 bridgehead atoms. The van der Waals surface area contributed by atoms with Crippen LogP contribution >= 0.6 is 11.8 Å². The average molecular weight is 296 g/mol. The first-order chi connectivity index (χ1) is 9.58. The van der Waals surface area contributed by atoms with Crippen LogP contribution in [-0.4, -0.2) is 23.7 Å². The number of nitrogens with two attached hydrogens (primary N) is 1. The standard InChI is InChI=1S/C15H21FN2OS/c1-2-9-18-15(14(17)19,11-3-4-11)10-20-13-7-5-12(16)6-8-13/h5-8,11,18H,2-4,9-10H2,1H3,(H2,17,19). The van der Waals surface area contributed by atoms with E-state index in [2.05, 4.69) is 12.2 Å². The van der Waals surface area contributed by atoms with Crippen LogP contribution in [-0.2, 0) is 4.79 Å². The predicted octanol–water partition coefficient (Wildman–Crippen LogP) is 2.55. The van der Waals surface area contributed by atoms with Crippen LogP contribution < -0.4 is 11.1 Å². The van der Waals surface area contributed by atoms with Crippen LogP contribution in [0.2, 0.25) is 0 Å². The van der Waals surface area contributed by atoms with E-state index in [9.17, 15) is 9.18 Å². The fourth-order valence-corrected chi connectivity index (χ4v) is 3.53. The summed E-state index contributed by atoms with van der Waals surface area (Å²) in [5, 5.41) is 3.36. The maximum atomic E-state index is 12.9. The Kier molecular flexibility index (Phi) is 5.05. The number of hydrogen-bond donors (Lipinski definition) is 2. The Hall–Kier alpha value is -1.07. The fraction of sp³-hybridized carbons (Fsp3) is 0.533. The summed E-state index contributed by atoms with van der Waals surface area (Å²) in [5.41, 5.74) is 5.04. The monoisotopic (exact) mass is 296 g/mol. The zero-order valence-electron chi connectivity index (χ0n) is 11.7. The molecule has 1 unspecified atom stereocenters. The van der Waals surface area contributed by atoms with Crippen molar-refractivity contribution in [2.45, 2.75) is 36.6 Å². The number of thioether (sulfide) groups is 1. The summed E-state index contributed by atoms with van der Waals surface area (Å²) in [6.45, 7) is 2.85. The number of halogens is 1. The summed E-state index contributed by atoms with van der Waals surface area (Å²) in [5.74, 6) is 0.405. The molecule has 5 heteroatoms. The van der Waals surface area contributed by atoms with Gasteiger partial charge in [0.05, 0.1) is 0 Å². The Morgan fingerprint density at radius 2 is 2.10 bits per heavy atom. The zero-order chi connectivity index (χ0) is 14.6. The molecule has 110 valence electrons. The first-order valence-corrected chi connectivity index (χ1v) is 8.00. The number of amides is 1. The molecule has 1 aliphatic carbocycles. The number of rotatable bonds is 8. The molecule has 0 heterocycles. The number of primary amides is 1. The van der Waals surface area contributed by atoms with Crippen molar-refractivity contribution in [3.63, 3.8) is 0 Å². The summed E-state index contributed by atoms with van der Waals surface area (Å²) in [7, 11) is 0. The van der Waals surface area contributed by atoms with Crippen molar-refractivity contribution < 1.29 is 9.18 Å². The third-order valence-corrected chi connectivity index (χ3v) is 4.89. The Balaban J connectivity index is 2.06. The van der Waals surface area contributed by atoms with E-state index in [-0.39, 0.29) is 11.7 Å². The lowest BCUT2D eigenvalue weighted by molar-refractivity contribution is -0.124. The van der Waals surface area contributed by atoms with Crippen LogP contribution in [0.4, 0.5) is 4.39 Å². The minimum atomic E-state index is -0.630. The topological polar surface area (TPSA) is 55.1 Å². The number of benzene rings is 1. The zero-order valence-corrected chi connectivity index (χ0v) is 12.5. The highest BCUT2D eigenvalue weighted by Gasteiger charge is 2.49. The SMILES string of the molecule is CCCNC(CSc1ccc(F)cc1)(C(N)=O)C1CC1. The molecule has 0 aliphatic heterocycles. The maximum absolute atomic E-state index is 12.9. The smallest absolute Gasteiger partial charge is 0.238 e. The molecule has 1 aromatic rings. The number of nitrogens with one attached hydrogen (secondary N) is 1. The maximum Gasteiger partial charge on any atom is 0.238 e. The van der Waals surface area contributed by atoms with Crippen molar-refractivity contribution in [1.82, 2.24) is 5.32 Å². The van der Waals surface area contributed by atoms with E-state index in [0.717, 1.165) is 30.7 Å². The van der Waals surface area contributed by atoms with Gasteiger partial charge in [0.2, 0.25) is 5.91 Å². The van der Waals surface area contributed by atoms with Gasteiger partial charge >= 0.3 is 0 Å². The normalized spacial score (nSPS) is 17.7. The van der Waals surface area contributed by atoms with E-state index in [1.165, 1.54) is 12.1 Å². The van der Waals surface area contributed by atoms with Gasteiger partial charge in [-0.15, -0.1) is 11.8 Å². The van der Waals surface area contributed by atoms with Crippen molar-refractivity contribution in [3.05, 3.63) is 30.1 Å². The van der Waals surface area contributed by atoms with Gasteiger partial charge in [-0.05, 0) is 56.0 Å². The van der Waals surface area contributed by atoms with E-state index >= 15 is 0 Å². The minimum absolute atomic E-state index is 0.248. The Labute approximate surface area is 123 Å². The fourth-order valence-electron chi connectivity index (χ4n) is 2.32. The number of carbonyl (C=O) groups is 1. The first-order valence-electron chi connectivity index (χ1n) is 7.02. The highest BCUT2D eigenvalue weighted by molar-refractivity contribution is 7.99. The lowest BCUT2D eigenvalue weighted by atomic mass is 9.94. The highest BCUT2D eigenvalue weighted by atomic mass is 32.2. The van der Waals surface area contributed by atoms with E-state index in [1.807, 2.05) is 0 Å². The van der Waals surface area contributed by atoms with Crippen LogP contribution in [0, 0.1) is 11.7 Å². The van der Waals surface area contributed by atoms with Gasteiger partial charge in [0.15, 0.2) is 0 Å². The molecule has 1 atom stereocenters. The van der Waals surface area contributed by atoms with Gasteiger partial charge in [0.1, 0.15) is 11.4 Å². The molecule has 3 nitrogen and oxygen atoms in total. The quantitative estimate of drug-likeness (QED) is 0.725. The van der Waals surface area contributed by atoms with Crippen molar-refractivity contribution in [3.8, 4) is 0 Å². The van der Waals surface area contributed by atoms with Gasteiger partial charge in [-0.1, -0.05) is 6.92 Å². The molecule has 1 saturated carbocycles. The van der Waals surface area contributed by atoms with E-state index in [4.69, 9.17) is 5.73 Å². The third-order valence-electron chi connectivity index (χ3n) is 3.68. The molecule has 1 aromatic carbocycles. The Bertz CT molecular complexity index is 461. The lowest BCUT2D eigenvalue weighted by Gasteiger charge is -2.31. The second kappa shape index (κ2) is 6.59. The highest BCUT2D eigenvalue weighted by Crippen LogP contribution is 2.42. The molecule has 3 N–H and O–H groups in total. The molecule has 0 radical (unpaired) electrons. The molecule has 0 saturated heterocycles. The number of carbonyl (C=O) groups excluding carboxylic acids is 1. The lowest BCUT2D eigenvalue weighted by Crippen LogP contribution is -2.59. The summed E-state index contributed by atoms with van der Waals surface area (Å²) >= 11 is 1.55. The van der Waals surface area contributed by atoms with Crippen molar-refractivity contribution in [2.75, 3.05) is 12.3 Å². The largest absolute Gasteiger partial charge is 0.368 e. The molecular weight excluding hydrogens is 275 g/mol. The van der Waals surface area contributed by atoms with Gasteiger partial charge in [-0.3, -0.25) is 4.79 Å². The minimum Gasteiger partial charge on any atom is -0.368 e. The van der Waals surface area contributed by atoms with Gasteiger partial charge in [0.25, 0.3) is 0 Å². The summed E-state index contributed by atoms with van der Waals surface area (Å²) in [4.78, 5) is 12.9. The molecule has 0 aromatic heterocycles. The molecule has 1 aliphatic rings. The summed E-state index contributed by atoms with van der Waals surface area (Å²) < 4.78 is 12.9. The second-order valence-corrected chi connectivity index (χ2v) is 6.33. The molecule has 20 heavy (non-hydrogen) atoms. The molecule has 1 amide bonds. The van der Waals surface area contributed by atoms with Crippen LogP contribution in [0.5, 0.6) is 0 Å². The molecule has 2 rings (SSSR count). The summed E-state index contributed by atoms with van der Waals surface area (Å²) in [6, 6.07) is 6.34. The first kappa shape index (κ1) is 15.3. The number of hydrogen-bond acceptors (Lipinski definition) is 3. The van der Waals surface area contributed by atoms with Gasteiger partial charge in [-0.25, -0.2) is 4.39 Å². The molecular formula is C15H21FN2OS. The third kappa shape index (κ3) is 3.52. The molecule has 1 fully saturated rings. The Morgan fingerprint density at radius 1 is 1.45 bits per heavy atom. The van der Waals surface area contributed by atoms with Crippen LogP contribution in [0.1, 0.15) is 26.2 Å². The van der Waals surface area contributed by atoms with Crippen LogP contribution in [0.15, 0.2) is 29.2 Å². The van der Waals surface area contributed by atoms with E-state index in [1.54, 1.807) is 23.9 Å².